The minimum atomic E-state index is -0.542. The Morgan fingerprint density at radius 2 is 2.18 bits per heavy atom. The lowest BCUT2D eigenvalue weighted by Gasteiger charge is -2.32. The van der Waals surface area contributed by atoms with E-state index in [0.29, 0.717) is 5.92 Å². The van der Waals surface area contributed by atoms with Gasteiger partial charge in [0.25, 0.3) is 0 Å². The van der Waals surface area contributed by atoms with E-state index in [2.05, 4.69) is 4.98 Å². The van der Waals surface area contributed by atoms with Crippen LogP contribution >= 0.6 is 0 Å². The van der Waals surface area contributed by atoms with Gasteiger partial charge in [-0.25, -0.2) is 0 Å². The second kappa shape index (κ2) is 4.86. The van der Waals surface area contributed by atoms with Gasteiger partial charge in [-0.05, 0) is 37.3 Å². The summed E-state index contributed by atoms with van der Waals surface area (Å²) in [7, 11) is 1.46. The Bertz CT molecular complexity index is 384. The lowest BCUT2D eigenvalue weighted by molar-refractivity contribution is -0.149. The SMILES string of the molecule is COC(=O)[C@](C)(c1cccnc1)C1CCCC1. The molecule has 3 nitrogen and oxygen atoms in total. The van der Waals surface area contributed by atoms with E-state index in [1.807, 2.05) is 19.1 Å². The molecule has 1 aliphatic carbocycles. The van der Waals surface area contributed by atoms with Crippen molar-refractivity contribution in [2.45, 2.75) is 38.0 Å². The highest BCUT2D eigenvalue weighted by molar-refractivity contribution is 5.83. The van der Waals surface area contributed by atoms with Gasteiger partial charge in [-0.15, -0.1) is 0 Å². The van der Waals surface area contributed by atoms with Crippen LogP contribution in [0.15, 0.2) is 24.5 Å². The fraction of sp³-hybridized carbons (Fsp3) is 0.571. The molecule has 1 aromatic rings. The van der Waals surface area contributed by atoms with Crippen molar-refractivity contribution >= 4 is 5.97 Å². The first-order valence-electron chi connectivity index (χ1n) is 6.18. The van der Waals surface area contributed by atoms with Crippen molar-refractivity contribution in [2.75, 3.05) is 7.11 Å². The molecule has 0 unspecified atom stereocenters. The summed E-state index contributed by atoms with van der Waals surface area (Å²) in [5.74, 6) is 0.233. The molecular weight excluding hydrogens is 214 g/mol. The molecule has 3 heteroatoms. The van der Waals surface area contributed by atoms with Crippen LogP contribution < -0.4 is 0 Å². The zero-order chi connectivity index (χ0) is 12.3. The lowest BCUT2D eigenvalue weighted by Crippen LogP contribution is -2.40. The first-order valence-corrected chi connectivity index (χ1v) is 6.18. The van der Waals surface area contributed by atoms with Gasteiger partial charge in [0, 0.05) is 12.4 Å². The standard InChI is InChI=1S/C14H19NO2/c1-14(13(16)17-2,11-6-3-4-7-11)12-8-5-9-15-10-12/h5,8-11H,3-4,6-7H2,1-2H3/t14-/m0/s1. The molecular formula is C14H19NO2. The number of hydrogen-bond donors (Lipinski definition) is 0. The van der Waals surface area contributed by atoms with Gasteiger partial charge in [-0.3, -0.25) is 9.78 Å². The van der Waals surface area contributed by atoms with Crippen LogP contribution in [-0.4, -0.2) is 18.1 Å². The largest absolute Gasteiger partial charge is 0.468 e. The third-order valence-electron chi connectivity index (χ3n) is 4.04. The molecule has 1 aliphatic rings. The Balaban J connectivity index is 2.39. The number of pyridine rings is 1. The molecule has 1 atom stereocenters. The molecule has 1 fully saturated rings. The lowest BCUT2D eigenvalue weighted by atomic mass is 9.71. The number of ether oxygens (including phenoxy) is 1. The van der Waals surface area contributed by atoms with E-state index < -0.39 is 5.41 Å². The molecule has 0 amide bonds. The molecule has 0 bridgehead atoms. The van der Waals surface area contributed by atoms with Gasteiger partial charge in [0.1, 0.15) is 0 Å². The molecule has 17 heavy (non-hydrogen) atoms. The van der Waals surface area contributed by atoms with Crippen LogP contribution in [0.4, 0.5) is 0 Å². The van der Waals surface area contributed by atoms with Crippen LogP contribution in [0.25, 0.3) is 0 Å². The van der Waals surface area contributed by atoms with E-state index in [0.717, 1.165) is 18.4 Å². The summed E-state index contributed by atoms with van der Waals surface area (Å²) in [4.78, 5) is 16.3. The highest BCUT2D eigenvalue weighted by Crippen LogP contribution is 2.42. The summed E-state index contributed by atoms with van der Waals surface area (Å²) in [6, 6.07) is 3.85. The van der Waals surface area contributed by atoms with Gasteiger partial charge < -0.3 is 4.74 Å². The van der Waals surface area contributed by atoms with Crippen LogP contribution in [-0.2, 0) is 14.9 Å². The zero-order valence-electron chi connectivity index (χ0n) is 10.5. The average molecular weight is 233 g/mol. The van der Waals surface area contributed by atoms with Crippen LogP contribution in [0, 0.1) is 5.92 Å². The number of methoxy groups -OCH3 is 1. The Labute approximate surface area is 102 Å². The van der Waals surface area contributed by atoms with Crippen molar-refractivity contribution in [3.63, 3.8) is 0 Å². The topological polar surface area (TPSA) is 39.2 Å². The van der Waals surface area contributed by atoms with Crippen molar-refractivity contribution in [2.24, 2.45) is 5.92 Å². The monoisotopic (exact) mass is 233 g/mol. The summed E-state index contributed by atoms with van der Waals surface area (Å²) < 4.78 is 5.02. The summed E-state index contributed by atoms with van der Waals surface area (Å²) >= 11 is 0. The summed E-state index contributed by atoms with van der Waals surface area (Å²) in [5, 5.41) is 0. The fourth-order valence-electron chi connectivity index (χ4n) is 2.91. The Hall–Kier alpha value is -1.38. The average Bonchev–Trinajstić information content (AvgIpc) is 2.92. The van der Waals surface area contributed by atoms with Crippen LogP contribution in [0.3, 0.4) is 0 Å². The molecule has 2 rings (SSSR count). The van der Waals surface area contributed by atoms with Gasteiger partial charge in [-0.2, -0.15) is 0 Å². The maximum atomic E-state index is 12.2. The van der Waals surface area contributed by atoms with E-state index >= 15 is 0 Å². The van der Waals surface area contributed by atoms with E-state index in [-0.39, 0.29) is 5.97 Å². The van der Waals surface area contributed by atoms with Crippen LogP contribution in [0.2, 0.25) is 0 Å². The molecule has 92 valence electrons. The van der Waals surface area contributed by atoms with Crippen molar-refractivity contribution in [1.29, 1.82) is 0 Å². The van der Waals surface area contributed by atoms with E-state index in [9.17, 15) is 4.79 Å². The summed E-state index contributed by atoms with van der Waals surface area (Å²) in [6.45, 7) is 1.99. The van der Waals surface area contributed by atoms with Gasteiger partial charge in [0.15, 0.2) is 0 Å². The summed E-state index contributed by atoms with van der Waals surface area (Å²) in [6.07, 6.45) is 8.13. The maximum absolute atomic E-state index is 12.2. The molecule has 1 aromatic heterocycles. The molecule has 1 saturated carbocycles. The minimum absolute atomic E-state index is 0.141. The van der Waals surface area contributed by atoms with Crippen molar-refractivity contribution in [3.8, 4) is 0 Å². The number of aromatic nitrogens is 1. The maximum Gasteiger partial charge on any atom is 0.316 e. The third-order valence-corrected chi connectivity index (χ3v) is 4.04. The quantitative estimate of drug-likeness (QED) is 0.753. The first kappa shape index (κ1) is 12.1. The molecule has 0 saturated heterocycles. The van der Waals surface area contributed by atoms with Crippen molar-refractivity contribution < 1.29 is 9.53 Å². The molecule has 0 radical (unpaired) electrons. The van der Waals surface area contributed by atoms with E-state index in [1.165, 1.54) is 20.0 Å². The van der Waals surface area contributed by atoms with E-state index in [1.54, 1.807) is 12.4 Å². The van der Waals surface area contributed by atoms with Crippen LogP contribution in [0.5, 0.6) is 0 Å². The number of carbonyl (C=O) groups is 1. The molecule has 0 spiro atoms. The van der Waals surface area contributed by atoms with Crippen molar-refractivity contribution in [3.05, 3.63) is 30.1 Å². The highest BCUT2D eigenvalue weighted by Gasteiger charge is 2.44. The zero-order valence-corrected chi connectivity index (χ0v) is 10.5. The number of nitrogens with zero attached hydrogens (tertiary/aromatic N) is 1. The Morgan fingerprint density at radius 3 is 2.71 bits per heavy atom. The number of esters is 1. The van der Waals surface area contributed by atoms with Gasteiger partial charge in [0.2, 0.25) is 0 Å². The van der Waals surface area contributed by atoms with Gasteiger partial charge >= 0.3 is 5.97 Å². The molecule has 0 N–H and O–H groups in total. The number of carbonyl (C=O) groups excluding carboxylic acids is 1. The fourth-order valence-corrected chi connectivity index (χ4v) is 2.91. The predicted molar refractivity (Wildman–Crippen MR) is 65.6 cm³/mol. The normalized spacial score (nSPS) is 19.9. The van der Waals surface area contributed by atoms with E-state index in [4.69, 9.17) is 4.74 Å². The van der Waals surface area contributed by atoms with Crippen LogP contribution in [0.1, 0.15) is 38.2 Å². The molecule has 0 aromatic carbocycles. The van der Waals surface area contributed by atoms with Gasteiger partial charge in [-0.1, -0.05) is 18.9 Å². The Kier molecular flexibility index (Phi) is 3.46. The second-order valence-corrected chi connectivity index (χ2v) is 4.92. The van der Waals surface area contributed by atoms with Crippen molar-refractivity contribution in [1.82, 2.24) is 4.98 Å². The second-order valence-electron chi connectivity index (χ2n) is 4.92. The molecule has 1 heterocycles. The third kappa shape index (κ3) is 2.06. The first-order chi connectivity index (χ1) is 8.19. The Morgan fingerprint density at radius 1 is 1.47 bits per heavy atom. The summed E-state index contributed by atoms with van der Waals surface area (Å²) in [5.41, 5.74) is 0.429. The highest BCUT2D eigenvalue weighted by atomic mass is 16.5. The predicted octanol–water partition coefficient (Wildman–Crippen LogP) is 2.70. The molecule has 0 aliphatic heterocycles. The number of hydrogen-bond acceptors (Lipinski definition) is 3. The number of rotatable bonds is 3. The van der Waals surface area contributed by atoms with Gasteiger partial charge in [0.05, 0.1) is 12.5 Å². The smallest absolute Gasteiger partial charge is 0.316 e. The minimum Gasteiger partial charge on any atom is -0.468 e.